The summed E-state index contributed by atoms with van der Waals surface area (Å²) in [5, 5.41) is 0.285. The Morgan fingerprint density at radius 1 is 0.738 bits per heavy atom. The maximum absolute atomic E-state index is 6.88. The summed E-state index contributed by atoms with van der Waals surface area (Å²) in [4.78, 5) is 2.50. The number of nitrogens with zero attached hydrogens (tertiary/aromatic N) is 1. The summed E-state index contributed by atoms with van der Waals surface area (Å²) in [7, 11) is 1.52. The van der Waals surface area contributed by atoms with Gasteiger partial charge >= 0.3 is 0 Å². The van der Waals surface area contributed by atoms with Crippen LogP contribution < -0.4 is 4.90 Å². The predicted molar refractivity (Wildman–Crippen MR) is 191 cm³/mol. The van der Waals surface area contributed by atoms with Crippen LogP contribution in [0.15, 0.2) is 18.2 Å². The van der Waals surface area contributed by atoms with Gasteiger partial charge < -0.3 is 28.0 Å². The third-order valence-electron chi connectivity index (χ3n) is 8.56. The fraction of sp³-hybridized carbons (Fsp3) is 0.812. The second-order valence-electron chi connectivity index (χ2n) is 14.7. The SMILES string of the molecule is COCCOCCOCCN(CC(C)(C)SSC)c1cccc(CO[Si](C)(C)C(C)(C)C)c1CO[Si](C)(C)C(C)(C)C. The average molecular weight is 662 g/mol. The van der Waals surface area contributed by atoms with Crippen molar-refractivity contribution in [2.24, 2.45) is 0 Å². The second kappa shape index (κ2) is 17.6. The molecule has 10 heteroatoms. The van der Waals surface area contributed by atoms with Crippen molar-refractivity contribution >= 4 is 43.9 Å². The molecule has 0 aliphatic heterocycles. The number of methoxy groups -OCH3 is 1. The molecule has 1 aromatic carbocycles. The molecule has 0 unspecified atom stereocenters. The van der Waals surface area contributed by atoms with E-state index in [0.29, 0.717) is 46.2 Å². The van der Waals surface area contributed by atoms with Crippen LogP contribution in [-0.4, -0.2) is 80.9 Å². The topological polar surface area (TPSA) is 49.4 Å². The average Bonchev–Trinajstić information content (AvgIpc) is 2.85. The Kier molecular flexibility index (Phi) is 16.7. The highest BCUT2D eigenvalue weighted by Crippen LogP contribution is 2.41. The van der Waals surface area contributed by atoms with Gasteiger partial charge in [-0.05, 0) is 68.0 Å². The van der Waals surface area contributed by atoms with Gasteiger partial charge in [-0.3, -0.25) is 0 Å². The molecule has 6 nitrogen and oxygen atoms in total. The summed E-state index contributed by atoms with van der Waals surface area (Å²) in [6.45, 7) is 33.6. The fourth-order valence-corrected chi connectivity index (χ4v) is 7.86. The fourth-order valence-electron chi connectivity index (χ4n) is 3.80. The molecule has 1 aromatic rings. The first-order valence-corrected chi connectivity index (χ1v) is 23.7. The Morgan fingerprint density at radius 2 is 1.26 bits per heavy atom. The van der Waals surface area contributed by atoms with Crippen molar-refractivity contribution in [3.63, 3.8) is 0 Å². The van der Waals surface area contributed by atoms with Crippen molar-refractivity contribution in [1.82, 2.24) is 0 Å². The zero-order valence-electron chi connectivity index (χ0n) is 29.4. The van der Waals surface area contributed by atoms with E-state index in [1.165, 1.54) is 16.8 Å². The van der Waals surface area contributed by atoms with Gasteiger partial charge in [-0.1, -0.05) is 75.3 Å². The van der Waals surface area contributed by atoms with Crippen LogP contribution in [0.1, 0.15) is 66.5 Å². The van der Waals surface area contributed by atoms with E-state index in [1.807, 2.05) is 21.6 Å². The number of benzene rings is 1. The van der Waals surface area contributed by atoms with Crippen LogP contribution in [0, 0.1) is 0 Å². The third kappa shape index (κ3) is 13.5. The van der Waals surface area contributed by atoms with E-state index in [9.17, 15) is 0 Å². The number of rotatable bonds is 20. The predicted octanol–water partition coefficient (Wildman–Crippen LogP) is 9.01. The first kappa shape index (κ1) is 40.0. The molecular weight excluding hydrogens is 599 g/mol. The molecule has 0 saturated carbocycles. The van der Waals surface area contributed by atoms with Crippen LogP contribution in [0.3, 0.4) is 0 Å². The maximum atomic E-state index is 6.88. The van der Waals surface area contributed by atoms with Gasteiger partial charge in [-0.25, -0.2) is 0 Å². The molecule has 0 aromatic heterocycles. The van der Waals surface area contributed by atoms with Gasteiger partial charge in [0, 0.05) is 36.2 Å². The minimum absolute atomic E-state index is 0.0495. The molecule has 0 aliphatic carbocycles. The summed E-state index contributed by atoms with van der Waals surface area (Å²) < 4.78 is 30.4. The van der Waals surface area contributed by atoms with Crippen molar-refractivity contribution in [1.29, 1.82) is 0 Å². The first-order chi connectivity index (χ1) is 19.3. The summed E-state index contributed by atoms with van der Waals surface area (Å²) >= 11 is 0. The van der Waals surface area contributed by atoms with Gasteiger partial charge in [0.1, 0.15) is 0 Å². The lowest BCUT2D eigenvalue weighted by molar-refractivity contribution is 0.0264. The van der Waals surface area contributed by atoms with Crippen molar-refractivity contribution in [3.05, 3.63) is 29.3 Å². The molecule has 0 saturated heterocycles. The molecule has 246 valence electrons. The molecule has 0 bridgehead atoms. The number of hydrogen-bond acceptors (Lipinski definition) is 8. The van der Waals surface area contributed by atoms with Crippen molar-refractivity contribution in [2.75, 3.05) is 64.4 Å². The molecule has 42 heavy (non-hydrogen) atoms. The minimum atomic E-state index is -1.97. The van der Waals surface area contributed by atoms with E-state index in [4.69, 9.17) is 23.1 Å². The smallest absolute Gasteiger partial charge is 0.192 e. The van der Waals surface area contributed by atoms with Crippen molar-refractivity contribution < 1.29 is 23.1 Å². The lowest BCUT2D eigenvalue weighted by atomic mass is 10.0. The lowest BCUT2D eigenvalue weighted by Gasteiger charge is -2.39. The van der Waals surface area contributed by atoms with Gasteiger partial charge in [0.05, 0.1) is 46.2 Å². The van der Waals surface area contributed by atoms with Crippen LogP contribution in [0.5, 0.6) is 0 Å². The molecule has 0 heterocycles. The van der Waals surface area contributed by atoms with E-state index in [0.717, 1.165) is 13.1 Å². The van der Waals surface area contributed by atoms with Gasteiger partial charge in [0.25, 0.3) is 0 Å². The maximum Gasteiger partial charge on any atom is 0.192 e. The van der Waals surface area contributed by atoms with E-state index in [1.54, 1.807) is 7.11 Å². The molecule has 0 fully saturated rings. The summed E-state index contributed by atoms with van der Waals surface area (Å²) in [6.07, 6.45) is 2.15. The quantitative estimate of drug-likeness (QED) is 0.0780. The molecule has 0 amide bonds. The molecular formula is C32H63NO5S2Si2. The van der Waals surface area contributed by atoms with Gasteiger partial charge in [0.2, 0.25) is 0 Å². The molecule has 0 aliphatic rings. The van der Waals surface area contributed by atoms with Gasteiger partial charge in [-0.2, -0.15) is 0 Å². The third-order valence-corrected chi connectivity index (χ3v) is 20.1. The Balaban J connectivity index is 3.38. The van der Waals surface area contributed by atoms with E-state index in [-0.39, 0.29) is 14.8 Å². The molecule has 0 radical (unpaired) electrons. The number of anilines is 1. The molecule has 0 N–H and O–H groups in total. The van der Waals surface area contributed by atoms with Crippen molar-refractivity contribution in [3.8, 4) is 0 Å². The Labute approximate surface area is 269 Å². The highest BCUT2D eigenvalue weighted by atomic mass is 33.1. The normalized spacial score (nSPS) is 13.6. The highest BCUT2D eigenvalue weighted by molar-refractivity contribution is 8.77. The standard InChI is InChI=1S/C32H63NO5S2Si2/c1-30(2,3)41(11,12)37-24-27-16-15-17-29(28(27)25-38-42(13,14)31(4,5)6)33(26-32(7,8)40-39-10)18-19-35-22-23-36-21-20-34-9/h15-17H,18-26H2,1-14H3. The van der Waals surface area contributed by atoms with Gasteiger partial charge in [0.15, 0.2) is 16.6 Å². The Morgan fingerprint density at radius 3 is 1.79 bits per heavy atom. The lowest BCUT2D eigenvalue weighted by Crippen LogP contribution is -2.42. The van der Waals surface area contributed by atoms with Crippen LogP contribution in [0.4, 0.5) is 5.69 Å². The zero-order valence-corrected chi connectivity index (χ0v) is 33.0. The second-order valence-corrected chi connectivity index (χ2v) is 27.4. The molecule has 0 spiro atoms. The molecule has 0 atom stereocenters. The van der Waals surface area contributed by atoms with Crippen LogP contribution in [0.2, 0.25) is 36.3 Å². The monoisotopic (exact) mass is 661 g/mol. The Bertz CT molecular complexity index is 917. The largest absolute Gasteiger partial charge is 0.413 e. The van der Waals surface area contributed by atoms with E-state index in [2.05, 4.69) is 111 Å². The highest BCUT2D eigenvalue weighted by Gasteiger charge is 2.39. The van der Waals surface area contributed by atoms with Crippen molar-refractivity contribution in [2.45, 2.75) is 110 Å². The number of ether oxygens (including phenoxy) is 3. The minimum Gasteiger partial charge on any atom is -0.413 e. The van der Waals surface area contributed by atoms with Crippen LogP contribution in [-0.2, 0) is 36.3 Å². The summed E-state index contributed by atoms with van der Waals surface area (Å²) in [5.41, 5.74) is 3.69. The molecule has 1 rings (SSSR count). The van der Waals surface area contributed by atoms with E-state index >= 15 is 0 Å². The van der Waals surface area contributed by atoms with E-state index < -0.39 is 16.6 Å². The van der Waals surface area contributed by atoms with Gasteiger partial charge in [-0.15, -0.1) is 0 Å². The van der Waals surface area contributed by atoms with Crippen LogP contribution >= 0.6 is 21.6 Å². The van der Waals surface area contributed by atoms with Crippen LogP contribution in [0.25, 0.3) is 0 Å². The summed E-state index contributed by atoms with van der Waals surface area (Å²) in [6, 6.07) is 6.67. The Hall–Kier alpha value is -0.0462. The zero-order chi connectivity index (χ0) is 32.2. The summed E-state index contributed by atoms with van der Waals surface area (Å²) in [5.74, 6) is 0. The number of hydrogen-bond donors (Lipinski definition) is 0. The first-order valence-electron chi connectivity index (χ1n) is 15.3.